The minimum atomic E-state index is -0.439. The summed E-state index contributed by atoms with van der Waals surface area (Å²) in [5, 5.41) is 12.4. The summed E-state index contributed by atoms with van der Waals surface area (Å²) in [5.74, 6) is -0.00902. The number of nitro groups is 1. The highest BCUT2D eigenvalue weighted by atomic mass is 16.6. The molecule has 0 radical (unpaired) electrons. The van der Waals surface area contributed by atoms with Crippen molar-refractivity contribution in [2.75, 3.05) is 0 Å². The van der Waals surface area contributed by atoms with E-state index < -0.39 is 4.92 Å². The fourth-order valence-corrected chi connectivity index (χ4v) is 3.80. The van der Waals surface area contributed by atoms with E-state index in [9.17, 15) is 14.9 Å². The largest absolute Gasteiger partial charge is 0.464 e. The Morgan fingerprint density at radius 2 is 1.65 bits per heavy atom. The molecule has 4 aromatic rings. The van der Waals surface area contributed by atoms with Crippen LogP contribution in [0.1, 0.15) is 27.2 Å². The summed E-state index contributed by atoms with van der Waals surface area (Å²) in [5.41, 5.74) is 3.48. The van der Waals surface area contributed by atoms with E-state index in [1.807, 2.05) is 49.4 Å². The van der Waals surface area contributed by atoms with Crippen LogP contribution in [0.5, 0.6) is 0 Å². The molecule has 0 fully saturated rings. The van der Waals surface area contributed by atoms with E-state index in [1.165, 1.54) is 6.26 Å². The van der Waals surface area contributed by atoms with Gasteiger partial charge in [-0.1, -0.05) is 48.0 Å². The Morgan fingerprint density at radius 1 is 0.968 bits per heavy atom. The fraction of sp³-hybridized carbons (Fsp3) is 0.120. The van der Waals surface area contributed by atoms with E-state index in [0.717, 1.165) is 5.56 Å². The number of carbonyl (C=O) groups is 1. The number of aromatic nitrogens is 1. The highest BCUT2D eigenvalue weighted by Gasteiger charge is 2.39. The van der Waals surface area contributed by atoms with Crippen LogP contribution in [-0.2, 0) is 7.05 Å². The lowest BCUT2D eigenvalue weighted by molar-refractivity contribution is -0.669. The van der Waals surface area contributed by atoms with E-state index in [1.54, 1.807) is 42.8 Å². The number of aryl methyl sites for hydroxylation is 1. The van der Waals surface area contributed by atoms with Gasteiger partial charge in [0, 0.05) is 12.5 Å². The van der Waals surface area contributed by atoms with Crippen LogP contribution >= 0.6 is 0 Å². The highest BCUT2D eigenvalue weighted by molar-refractivity contribution is 6.14. The zero-order valence-corrected chi connectivity index (χ0v) is 17.5. The summed E-state index contributed by atoms with van der Waals surface area (Å²) in [4.78, 5) is 25.5. The molecule has 2 aromatic heterocycles. The second kappa shape index (κ2) is 7.99. The smallest absolute Gasteiger partial charge is 0.352 e. The summed E-state index contributed by atoms with van der Waals surface area (Å²) in [7, 11) is 1.74. The maximum absolute atomic E-state index is 13.6. The van der Waals surface area contributed by atoms with Crippen molar-refractivity contribution in [3.8, 4) is 22.6 Å². The van der Waals surface area contributed by atoms with E-state index in [0.29, 0.717) is 22.5 Å². The molecule has 0 aliphatic rings. The van der Waals surface area contributed by atoms with Gasteiger partial charge in [0.15, 0.2) is 11.5 Å². The number of benzene rings is 2. The molecule has 2 aromatic carbocycles. The van der Waals surface area contributed by atoms with Crippen LogP contribution in [-0.4, -0.2) is 10.7 Å². The van der Waals surface area contributed by atoms with Crippen LogP contribution in [0.2, 0.25) is 0 Å². The maximum atomic E-state index is 13.6. The minimum absolute atomic E-state index is 0.162. The van der Waals surface area contributed by atoms with Gasteiger partial charge in [0.05, 0.1) is 16.7 Å². The molecule has 0 spiro atoms. The first-order valence-electron chi connectivity index (χ1n) is 9.81. The summed E-state index contributed by atoms with van der Waals surface area (Å²) in [6.45, 7) is 3.73. The van der Waals surface area contributed by atoms with Gasteiger partial charge in [-0.2, -0.15) is 4.57 Å². The first-order valence-corrected chi connectivity index (χ1v) is 9.81. The monoisotopic (exact) mass is 413 g/mol. The van der Waals surface area contributed by atoms with Crippen LogP contribution in [0, 0.1) is 24.0 Å². The molecule has 0 bridgehead atoms. The van der Waals surface area contributed by atoms with Gasteiger partial charge in [0.1, 0.15) is 23.9 Å². The normalized spacial score (nSPS) is 10.8. The Balaban J connectivity index is 2.12. The van der Waals surface area contributed by atoms with Gasteiger partial charge < -0.3 is 4.42 Å². The molecule has 0 atom stereocenters. The summed E-state index contributed by atoms with van der Waals surface area (Å²) in [6.07, 6.45) is 1.45. The fourth-order valence-electron chi connectivity index (χ4n) is 3.80. The second-order valence-corrected chi connectivity index (χ2v) is 7.39. The van der Waals surface area contributed by atoms with Gasteiger partial charge in [0.25, 0.3) is 5.69 Å². The molecule has 6 heteroatoms. The van der Waals surface area contributed by atoms with E-state index >= 15 is 0 Å². The minimum Gasteiger partial charge on any atom is -0.464 e. The van der Waals surface area contributed by atoms with Crippen molar-refractivity contribution in [2.45, 2.75) is 13.8 Å². The van der Waals surface area contributed by atoms with E-state index in [2.05, 4.69) is 0 Å². The topological polar surface area (TPSA) is 77.2 Å². The first kappa shape index (κ1) is 20.2. The molecule has 154 valence electrons. The van der Waals surface area contributed by atoms with Gasteiger partial charge >= 0.3 is 5.69 Å². The van der Waals surface area contributed by atoms with Crippen molar-refractivity contribution in [3.63, 3.8) is 0 Å². The third-order valence-corrected chi connectivity index (χ3v) is 5.45. The number of hydrogen-bond donors (Lipinski definition) is 0. The van der Waals surface area contributed by atoms with Crippen molar-refractivity contribution in [3.05, 3.63) is 105 Å². The number of ketones is 1. The quantitative estimate of drug-likeness (QED) is 0.195. The molecule has 2 heterocycles. The highest BCUT2D eigenvalue weighted by Crippen LogP contribution is 2.41. The molecule has 0 amide bonds. The summed E-state index contributed by atoms with van der Waals surface area (Å²) >= 11 is 0. The van der Waals surface area contributed by atoms with Gasteiger partial charge in [0.2, 0.25) is 0 Å². The van der Waals surface area contributed by atoms with E-state index in [4.69, 9.17) is 4.42 Å². The summed E-state index contributed by atoms with van der Waals surface area (Å²) in [6, 6.07) is 19.6. The predicted molar refractivity (Wildman–Crippen MR) is 117 cm³/mol. The van der Waals surface area contributed by atoms with Gasteiger partial charge in [-0.3, -0.25) is 14.9 Å². The van der Waals surface area contributed by atoms with Gasteiger partial charge in [-0.05, 0) is 31.2 Å². The molecule has 0 saturated heterocycles. The molecule has 4 rings (SSSR count). The van der Waals surface area contributed by atoms with Crippen molar-refractivity contribution in [1.82, 2.24) is 0 Å². The van der Waals surface area contributed by atoms with Crippen molar-refractivity contribution < 1.29 is 18.7 Å². The van der Waals surface area contributed by atoms with E-state index in [-0.39, 0.29) is 28.4 Å². The molecule has 0 aliphatic carbocycles. The van der Waals surface area contributed by atoms with Gasteiger partial charge in [-0.25, -0.2) is 0 Å². The average molecular weight is 413 g/mol. The number of pyridine rings is 1. The Kier molecular flexibility index (Phi) is 5.21. The van der Waals surface area contributed by atoms with Crippen LogP contribution in [0.15, 0.2) is 77.4 Å². The third-order valence-electron chi connectivity index (χ3n) is 5.45. The maximum Gasteiger partial charge on any atom is 0.352 e. The van der Waals surface area contributed by atoms with Crippen molar-refractivity contribution in [1.29, 1.82) is 0 Å². The Hall–Kier alpha value is -4.06. The second-order valence-electron chi connectivity index (χ2n) is 7.39. The summed E-state index contributed by atoms with van der Waals surface area (Å²) < 4.78 is 7.29. The number of furan rings is 1. The molecule has 0 aliphatic heterocycles. The Morgan fingerprint density at radius 3 is 2.23 bits per heavy atom. The standard InChI is InChI=1S/C25H21N2O4/c1-16-11-13-19(14-12-16)25(28)21-17(2)26(3)23(18-8-5-4-6-9-18)24(27(29)30)22(21)20-10-7-15-31-20/h4-15H,1-3H3/q+1. The number of nitrogens with zero attached hydrogens (tertiary/aromatic N) is 2. The molecule has 0 unspecified atom stereocenters. The lowest BCUT2D eigenvalue weighted by Gasteiger charge is -2.13. The SMILES string of the molecule is Cc1ccc(C(=O)c2c(-c3ccco3)c([N+](=O)[O-])c(-c3ccccc3)[n+](C)c2C)cc1. The van der Waals surface area contributed by atoms with Crippen molar-refractivity contribution in [2.24, 2.45) is 7.05 Å². The molecular formula is C25H21N2O4+. The average Bonchev–Trinajstić information content (AvgIpc) is 3.30. The number of carbonyl (C=O) groups excluding carboxylic acids is 1. The zero-order valence-electron chi connectivity index (χ0n) is 17.5. The molecule has 31 heavy (non-hydrogen) atoms. The molecular weight excluding hydrogens is 392 g/mol. The molecule has 6 nitrogen and oxygen atoms in total. The number of rotatable bonds is 5. The third kappa shape index (κ3) is 3.53. The molecule has 0 saturated carbocycles. The predicted octanol–water partition coefficient (Wildman–Crippen LogP) is 5.19. The number of hydrogen-bond acceptors (Lipinski definition) is 4. The first-order chi connectivity index (χ1) is 14.9. The Bertz CT molecular complexity index is 1280. The Labute approximate surface area is 179 Å². The van der Waals surface area contributed by atoms with Gasteiger partial charge in [-0.15, -0.1) is 0 Å². The van der Waals surface area contributed by atoms with Crippen molar-refractivity contribution >= 4 is 11.5 Å². The molecule has 0 N–H and O–H groups in total. The van der Waals surface area contributed by atoms with Crippen LogP contribution in [0.4, 0.5) is 5.69 Å². The zero-order chi connectivity index (χ0) is 22.1. The van der Waals surface area contributed by atoms with Crippen LogP contribution < -0.4 is 4.57 Å². The van der Waals surface area contributed by atoms with Crippen LogP contribution in [0.25, 0.3) is 22.6 Å². The van der Waals surface area contributed by atoms with Crippen LogP contribution in [0.3, 0.4) is 0 Å². The lowest BCUT2D eigenvalue weighted by Crippen LogP contribution is -2.38. The lowest BCUT2D eigenvalue weighted by atomic mass is 9.91.